The summed E-state index contributed by atoms with van der Waals surface area (Å²) in [5.41, 5.74) is -0.209. The van der Waals surface area contributed by atoms with Crippen molar-refractivity contribution in [2.75, 3.05) is 0 Å². The minimum atomic E-state index is -1.24. The Morgan fingerprint density at radius 1 is 1.43 bits per heavy atom. The van der Waals surface area contributed by atoms with E-state index < -0.39 is 5.97 Å². The van der Waals surface area contributed by atoms with Crippen LogP contribution in [0.4, 0.5) is 5.69 Å². The fraction of sp³-hybridized carbons (Fsp3) is 0. The predicted molar refractivity (Wildman–Crippen MR) is 51.2 cm³/mol. The van der Waals surface area contributed by atoms with Gasteiger partial charge in [0.05, 0.1) is 16.3 Å². The van der Waals surface area contributed by atoms with Gasteiger partial charge in [0.2, 0.25) is 6.08 Å². The van der Waals surface area contributed by atoms with Gasteiger partial charge in [-0.2, -0.15) is 4.99 Å². The molecule has 0 heterocycles. The summed E-state index contributed by atoms with van der Waals surface area (Å²) < 4.78 is 0. The first-order valence-electron chi connectivity index (χ1n) is 3.36. The largest absolute Gasteiger partial charge is 0.478 e. The van der Waals surface area contributed by atoms with E-state index in [0.29, 0.717) is 0 Å². The van der Waals surface area contributed by atoms with E-state index in [1.807, 2.05) is 0 Å². The monoisotopic (exact) mass is 231 g/mol. The van der Waals surface area contributed by atoms with Crippen LogP contribution in [0.2, 0.25) is 10.0 Å². The number of aliphatic imine (C=N–C) groups is 1. The highest BCUT2D eigenvalue weighted by atomic mass is 35.5. The van der Waals surface area contributed by atoms with E-state index in [1.54, 1.807) is 0 Å². The number of carbonyl (C=O) groups is 1. The number of isocyanates is 1. The molecule has 0 saturated carbocycles. The lowest BCUT2D eigenvalue weighted by atomic mass is 10.2. The fourth-order valence-corrected chi connectivity index (χ4v) is 1.31. The van der Waals surface area contributed by atoms with E-state index in [0.717, 1.165) is 0 Å². The minimum Gasteiger partial charge on any atom is -0.478 e. The first kappa shape index (κ1) is 10.7. The number of rotatable bonds is 2. The number of nitrogens with zero attached hydrogens (tertiary/aromatic N) is 1. The Labute approximate surface area is 88.8 Å². The molecule has 1 N–H and O–H groups in total. The van der Waals surface area contributed by atoms with Gasteiger partial charge in [-0.3, -0.25) is 0 Å². The highest BCUT2D eigenvalue weighted by Crippen LogP contribution is 2.31. The normalized spacial score (nSPS) is 9.29. The van der Waals surface area contributed by atoms with Gasteiger partial charge in [-0.1, -0.05) is 23.2 Å². The quantitative estimate of drug-likeness (QED) is 0.629. The fourth-order valence-electron chi connectivity index (χ4n) is 0.861. The van der Waals surface area contributed by atoms with Gasteiger partial charge in [-0.05, 0) is 12.1 Å². The van der Waals surface area contributed by atoms with E-state index >= 15 is 0 Å². The number of benzene rings is 1. The second-order valence-electron chi connectivity index (χ2n) is 2.29. The van der Waals surface area contributed by atoms with Crippen molar-refractivity contribution in [3.8, 4) is 0 Å². The lowest BCUT2D eigenvalue weighted by Gasteiger charge is -2.01. The summed E-state index contributed by atoms with van der Waals surface area (Å²) in [5.74, 6) is -1.24. The Kier molecular flexibility index (Phi) is 3.25. The van der Waals surface area contributed by atoms with Crippen LogP contribution >= 0.6 is 23.2 Å². The summed E-state index contributed by atoms with van der Waals surface area (Å²) in [7, 11) is 0. The van der Waals surface area contributed by atoms with E-state index in [1.165, 1.54) is 18.2 Å². The van der Waals surface area contributed by atoms with E-state index in [9.17, 15) is 9.59 Å². The number of carboxylic acid groups (broad SMARTS) is 1. The molecule has 0 fully saturated rings. The number of aromatic carboxylic acids is 1. The molecule has 0 amide bonds. The van der Waals surface area contributed by atoms with Crippen LogP contribution < -0.4 is 0 Å². The van der Waals surface area contributed by atoms with Crippen LogP contribution in [-0.4, -0.2) is 17.2 Å². The summed E-state index contributed by atoms with van der Waals surface area (Å²) >= 11 is 11.2. The third-order valence-corrected chi connectivity index (χ3v) is 2.03. The second kappa shape index (κ2) is 4.24. The van der Waals surface area contributed by atoms with Gasteiger partial charge in [0.1, 0.15) is 0 Å². The summed E-state index contributed by atoms with van der Waals surface area (Å²) in [4.78, 5) is 23.9. The molecule has 6 heteroatoms. The molecule has 0 radical (unpaired) electrons. The average molecular weight is 232 g/mol. The van der Waals surface area contributed by atoms with Gasteiger partial charge >= 0.3 is 5.97 Å². The van der Waals surface area contributed by atoms with Crippen molar-refractivity contribution in [1.29, 1.82) is 0 Å². The van der Waals surface area contributed by atoms with Gasteiger partial charge < -0.3 is 5.11 Å². The number of carbonyl (C=O) groups excluding carboxylic acids is 1. The predicted octanol–water partition coefficient (Wildman–Crippen LogP) is 2.66. The molecule has 0 unspecified atom stereocenters. The standard InChI is InChI=1S/C8H3Cl2NO3/c9-4-1-5(8(13)14)7(10)6(2-4)11-3-12/h1-2H,(H,13,14). The Hall–Kier alpha value is -1.35. The molecule has 0 spiro atoms. The van der Waals surface area contributed by atoms with Gasteiger partial charge in [0, 0.05) is 5.02 Å². The molecule has 0 aromatic heterocycles. The van der Waals surface area contributed by atoms with Gasteiger partial charge in [-0.15, -0.1) is 0 Å². The van der Waals surface area contributed by atoms with E-state index in [4.69, 9.17) is 28.3 Å². The van der Waals surface area contributed by atoms with Crippen LogP contribution in [-0.2, 0) is 4.79 Å². The molecule has 1 rings (SSSR count). The van der Waals surface area contributed by atoms with E-state index in [2.05, 4.69) is 4.99 Å². The maximum atomic E-state index is 10.6. The minimum absolute atomic E-state index is 0.00781. The van der Waals surface area contributed by atoms with Gasteiger partial charge in [0.25, 0.3) is 0 Å². The van der Waals surface area contributed by atoms with E-state index in [-0.39, 0.29) is 21.3 Å². The molecular weight excluding hydrogens is 229 g/mol. The molecule has 0 aliphatic heterocycles. The Balaban J connectivity index is 3.46. The van der Waals surface area contributed by atoms with Crippen LogP contribution in [0.1, 0.15) is 10.4 Å². The lowest BCUT2D eigenvalue weighted by molar-refractivity contribution is 0.0697. The van der Waals surface area contributed by atoms with Crippen LogP contribution in [0.25, 0.3) is 0 Å². The molecule has 1 aromatic rings. The van der Waals surface area contributed by atoms with Crippen molar-refractivity contribution in [2.24, 2.45) is 4.99 Å². The number of hydrogen-bond acceptors (Lipinski definition) is 3. The lowest BCUT2D eigenvalue weighted by Crippen LogP contribution is -1.97. The summed E-state index contributed by atoms with van der Waals surface area (Å²) in [6, 6.07) is 2.46. The molecule has 4 nitrogen and oxygen atoms in total. The third kappa shape index (κ3) is 2.12. The second-order valence-corrected chi connectivity index (χ2v) is 3.11. The smallest absolute Gasteiger partial charge is 0.337 e. The van der Waals surface area contributed by atoms with Crippen molar-refractivity contribution < 1.29 is 14.7 Å². The van der Waals surface area contributed by atoms with Gasteiger partial charge in [0.15, 0.2) is 0 Å². The van der Waals surface area contributed by atoms with Crippen molar-refractivity contribution in [3.05, 3.63) is 27.7 Å². The zero-order chi connectivity index (χ0) is 10.7. The molecule has 0 saturated heterocycles. The van der Waals surface area contributed by atoms with Gasteiger partial charge in [-0.25, -0.2) is 9.59 Å². The zero-order valence-corrected chi connectivity index (χ0v) is 8.13. The maximum Gasteiger partial charge on any atom is 0.337 e. The van der Waals surface area contributed by atoms with Crippen molar-refractivity contribution >= 4 is 40.9 Å². The number of carboxylic acids is 1. The Morgan fingerprint density at radius 3 is 2.57 bits per heavy atom. The van der Waals surface area contributed by atoms with Crippen LogP contribution in [0.3, 0.4) is 0 Å². The molecule has 14 heavy (non-hydrogen) atoms. The number of hydrogen-bond donors (Lipinski definition) is 1. The molecule has 72 valence electrons. The first-order chi connectivity index (χ1) is 6.56. The van der Waals surface area contributed by atoms with Crippen LogP contribution in [0.5, 0.6) is 0 Å². The maximum absolute atomic E-state index is 10.6. The average Bonchev–Trinajstić information content (AvgIpc) is 2.10. The molecule has 0 aliphatic carbocycles. The number of halogens is 2. The molecule has 0 atom stereocenters. The van der Waals surface area contributed by atoms with Crippen molar-refractivity contribution in [2.45, 2.75) is 0 Å². The molecule has 1 aromatic carbocycles. The summed E-state index contributed by atoms with van der Waals surface area (Å²) in [6.45, 7) is 0. The molecule has 0 aliphatic rings. The topological polar surface area (TPSA) is 66.7 Å². The summed E-state index contributed by atoms with van der Waals surface area (Å²) in [5, 5.41) is 8.71. The van der Waals surface area contributed by atoms with Crippen molar-refractivity contribution in [3.63, 3.8) is 0 Å². The zero-order valence-electron chi connectivity index (χ0n) is 6.62. The molecular formula is C8H3Cl2NO3. The highest BCUT2D eigenvalue weighted by molar-refractivity contribution is 6.37. The SMILES string of the molecule is O=C=Nc1cc(Cl)cc(C(=O)O)c1Cl. The summed E-state index contributed by atoms with van der Waals surface area (Å²) in [6.07, 6.45) is 1.26. The Bertz CT molecular complexity index is 415. The third-order valence-electron chi connectivity index (χ3n) is 1.41. The van der Waals surface area contributed by atoms with Crippen LogP contribution in [0, 0.1) is 0 Å². The first-order valence-corrected chi connectivity index (χ1v) is 4.12. The van der Waals surface area contributed by atoms with Crippen molar-refractivity contribution in [1.82, 2.24) is 0 Å². The molecule has 0 bridgehead atoms. The van der Waals surface area contributed by atoms with Crippen LogP contribution in [0.15, 0.2) is 17.1 Å². The highest BCUT2D eigenvalue weighted by Gasteiger charge is 2.13. The Morgan fingerprint density at radius 2 is 2.07 bits per heavy atom.